The number of hydrogen-bond donors (Lipinski definition) is 0. The summed E-state index contributed by atoms with van der Waals surface area (Å²) in [5, 5.41) is 0. The lowest BCUT2D eigenvalue weighted by Gasteiger charge is -2.30. The van der Waals surface area contributed by atoms with E-state index < -0.39 is 0 Å². The summed E-state index contributed by atoms with van der Waals surface area (Å²) in [5.74, 6) is 2.07. The molecule has 2 aliphatic heterocycles. The average molecular weight is 336 g/mol. The van der Waals surface area contributed by atoms with E-state index in [1.807, 2.05) is 6.92 Å². The Hall–Kier alpha value is -2.43. The Bertz CT molecular complexity index is 806. The molecule has 0 aliphatic carbocycles. The molecule has 0 radical (unpaired) electrons. The lowest BCUT2D eigenvalue weighted by molar-refractivity contribution is -0.130. The number of anilines is 1. The number of likely N-dealkylation sites (tertiary alicyclic amines) is 1. The van der Waals surface area contributed by atoms with Crippen LogP contribution in [0.1, 0.15) is 29.8 Å². The second-order valence-electron chi connectivity index (χ2n) is 7.27. The topological polar surface area (TPSA) is 49.3 Å². The smallest absolute Gasteiger partial charge is 0.219 e. The molecule has 2 aromatic rings. The van der Waals surface area contributed by atoms with Crippen molar-refractivity contribution in [3.8, 4) is 0 Å². The molecule has 0 N–H and O–H groups in total. The molecule has 3 atom stereocenters. The summed E-state index contributed by atoms with van der Waals surface area (Å²) >= 11 is 0. The highest BCUT2D eigenvalue weighted by molar-refractivity contribution is 5.74. The largest absolute Gasteiger partial charge is 0.354 e. The number of amides is 1. The summed E-state index contributed by atoms with van der Waals surface area (Å²) in [7, 11) is 0. The average Bonchev–Trinajstić information content (AvgIpc) is 3.14. The maximum atomic E-state index is 12.3. The molecule has 1 amide bonds. The Morgan fingerprint density at radius 1 is 1.08 bits per heavy atom. The standard InChI is InChI=1S/C20H24N4O/c1-13-6-4-5-7-17(13)19-18-12-23(20-14(2)21-8-9-22-20)10-16(18)11-24(19)15(3)25/h4-9,16,18-19H,10-12H2,1-3H3/t16-,18-,19-/m1/s1. The van der Waals surface area contributed by atoms with Crippen molar-refractivity contribution in [1.82, 2.24) is 14.9 Å². The van der Waals surface area contributed by atoms with Crippen LogP contribution in [0.25, 0.3) is 0 Å². The lowest BCUT2D eigenvalue weighted by Crippen LogP contribution is -2.35. The van der Waals surface area contributed by atoms with Crippen LogP contribution in [0, 0.1) is 25.7 Å². The van der Waals surface area contributed by atoms with Gasteiger partial charge in [0.1, 0.15) is 5.82 Å². The van der Waals surface area contributed by atoms with Crippen molar-refractivity contribution in [1.29, 1.82) is 0 Å². The fourth-order valence-corrected chi connectivity index (χ4v) is 4.57. The molecular weight excluding hydrogens is 312 g/mol. The van der Waals surface area contributed by atoms with E-state index in [1.54, 1.807) is 19.3 Å². The van der Waals surface area contributed by atoms with Gasteiger partial charge < -0.3 is 9.80 Å². The van der Waals surface area contributed by atoms with Gasteiger partial charge in [-0.3, -0.25) is 9.78 Å². The minimum atomic E-state index is 0.158. The van der Waals surface area contributed by atoms with Crippen molar-refractivity contribution in [3.05, 3.63) is 53.5 Å². The number of carbonyl (C=O) groups is 1. The summed E-state index contributed by atoms with van der Waals surface area (Å²) in [4.78, 5) is 25.6. The fraction of sp³-hybridized carbons (Fsp3) is 0.450. The third-order valence-corrected chi connectivity index (χ3v) is 5.73. The minimum Gasteiger partial charge on any atom is -0.354 e. The predicted molar refractivity (Wildman–Crippen MR) is 97.3 cm³/mol. The van der Waals surface area contributed by atoms with Crippen LogP contribution in [0.15, 0.2) is 36.7 Å². The Morgan fingerprint density at radius 2 is 1.84 bits per heavy atom. The van der Waals surface area contributed by atoms with E-state index in [9.17, 15) is 4.79 Å². The number of aryl methyl sites for hydroxylation is 2. The van der Waals surface area contributed by atoms with Crippen LogP contribution in [0.3, 0.4) is 0 Å². The van der Waals surface area contributed by atoms with Gasteiger partial charge in [0, 0.05) is 50.8 Å². The van der Waals surface area contributed by atoms with Gasteiger partial charge in [0.2, 0.25) is 5.91 Å². The number of benzene rings is 1. The Labute approximate surface area is 148 Å². The van der Waals surface area contributed by atoms with Crippen LogP contribution in [-0.2, 0) is 4.79 Å². The Morgan fingerprint density at radius 3 is 2.56 bits per heavy atom. The van der Waals surface area contributed by atoms with Crippen molar-refractivity contribution < 1.29 is 4.79 Å². The predicted octanol–water partition coefficient (Wildman–Crippen LogP) is 2.75. The summed E-state index contributed by atoms with van der Waals surface area (Å²) < 4.78 is 0. The van der Waals surface area contributed by atoms with E-state index in [0.717, 1.165) is 31.1 Å². The molecule has 5 heteroatoms. The van der Waals surface area contributed by atoms with Gasteiger partial charge in [-0.05, 0) is 25.0 Å². The normalized spacial score (nSPS) is 25.3. The van der Waals surface area contributed by atoms with Crippen LogP contribution in [0.5, 0.6) is 0 Å². The lowest BCUT2D eigenvalue weighted by atomic mass is 9.87. The Balaban J connectivity index is 1.67. The van der Waals surface area contributed by atoms with Crippen molar-refractivity contribution in [2.75, 3.05) is 24.5 Å². The number of hydrogen-bond acceptors (Lipinski definition) is 4. The van der Waals surface area contributed by atoms with Gasteiger partial charge in [-0.2, -0.15) is 0 Å². The first-order valence-corrected chi connectivity index (χ1v) is 8.91. The second-order valence-corrected chi connectivity index (χ2v) is 7.27. The van der Waals surface area contributed by atoms with Crippen molar-refractivity contribution >= 4 is 11.7 Å². The van der Waals surface area contributed by atoms with Gasteiger partial charge in [-0.1, -0.05) is 24.3 Å². The molecule has 0 unspecified atom stereocenters. The molecule has 0 spiro atoms. The zero-order chi connectivity index (χ0) is 17.6. The third kappa shape index (κ3) is 2.68. The second kappa shape index (κ2) is 6.14. The molecule has 4 rings (SSSR count). The number of nitrogens with zero attached hydrogens (tertiary/aromatic N) is 4. The van der Waals surface area contributed by atoms with E-state index in [2.05, 4.69) is 51.0 Å². The number of rotatable bonds is 2. The first-order chi connectivity index (χ1) is 12.1. The molecule has 2 saturated heterocycles. The molecule has 5 nitrogen and oxygen atoms in total. The van der Waals surface area contributed by atoms with E-state index in [4.69, 9.17) is 0 Å². The molecule has 1 aromatic carbocycles. The highest BCUT2D eigenvalue weighted by Crippen LogP contribution is 2.46. The summed E-state index contributed by atoms with van der Waals surface area (Å²) in [5.41, 5.74) is 3.51. The monoisotopic (exact) mass is 336 g/mol. The first-order valence-electron chi connectivity index (χ1n) is 8.91. The van der Waals surface area contributed by atoms with Gasteiger partial charge >= 0.3 is 0 Å². The number of aromatic nitrogens is 2. The van der Waals surface area contributed by atoms with Crippen LogP contribution < -0.4 is 4.90 Å². The van der Waals surface area contributed by atoms with Crippen molar-refractivity contribution in [3.63, 3.8) is 0 Å². The molecule has 0 bridgehead atoms. The summed E-state index contributed by atoms with van der Waals surface area (Å²) in [6, 6.07) is 8.61. The van der Waals surface area contributed by atoms with Crippen LogP contribution >= 0.6 is 0 Å². The molecule has 2 fully saturated rings. The van der Waals surface area contributed by atoms with Crippen LogP contribution in [0.2, 0.25) is 0 Å². The van der Waals surface area contributed by atoms with E-state index in [-0.39, 0.29) is 11.9 Å². The van der Waals surface area contributed by atoms with E-state index in [0.29, 0.717) is 11.8 Å². The van der Waals surface area contributed by atoms with Crippen LogP contribution in [-0.4, -0.2) is 40.4 Å². The fourth-order valence-electron chi connectivity index (χ4n) is 4.57. The molecule has 3 heterocycles. The minimum absolute atomic E-state index is 0.158. The molecule has 1 aromatic heterocycles. The highest BCUT2D eigenvalue weighted by atomic mass is 16.2. The van der Waals surface area contributed by atoms with Gasteiger partial charge in [0.25, 0.3) is 0 Å². The third-order valence-electron chi connectivity index (χ3n) is 5.73. The Kier molecular flexibility index (Phi) is 3.94. The number of fused-ring (bicyclic) bond motifs is 1. The van der Waals surface area contributed by atoms with Gasteiger partial charge in [-0.25, -0.2) is 4.98 Å². The first kappa shape index (κ1) is 16.1. The van der Waals surface area contributed by atoms with Crippen LogP contribution in [0.4, 0.5) is 5.82 Å². The van der Waals surface area contributed by atoms with Gasteiger partial charge in [0.05, 0.1) is 11.7 Å². The molecular formula is C20H24N4O. The highest BCUT2D eigenvalue weighted by Gasteiger charge is 2.49. The maximum absolute atomic E-state index is 12.3. The quantitative estimate of drug-likeness (QED) is 0.846. The van der Waals surface area contributed by atoms with Gasteiger partial charge in [-0.15, -0.1) is 0 Å². The molecule has 0 saturated carbocycles. The van der Waals surface area contributed by atoms with Gasteiger partial charge in [0.15, 0.2) is 0 Å². The maximum Gasteiger partial charge on any atom is 0.219 e. The molecule has 130 valence electrons. The zero-order valence-corrected chi connectivity index (χ0v) is 15.0. The van der Waals surface area contributed by atoms with Crippen molar-refractivity contribution in [2.24, 2.45) is 11.8 Å². The summed E-state index contributed by atoms with van der Waals surface area (Å²) in [6.07, 6.45) is 3.50. The van der Waals surface area contributed by atoms with E-state index >= 15 is 0 Å². The summed E-state index contributed by atoms with van der Waals surface area (Å²) in [6.45, 7) is 8.53. The molecule has 2 aliphatic rings. The SMILES string of the molecule is CC(=O)N1C[C@H]2CN(c3nccnc3C)C[C@H]2[C@H]1c1ccccc1C. The molecule has 25 heavy (non-hydrogen) atoms. The zero-order valence-electron chi connectivity index (χ0n) is 15.0. The number of carbonyl (C=O) groups excluding carboxylic acids is 1. The van der Waals surface area contributed by atoms with Crippen molar-refractivity contribution in [2.45, 2.75) is 26.8 Å². The van der Waals surface area contributed by atoms with E-state index in [1.165, 1.54) is 11.1 Å².